The van der Waals surface area contributed by atoms with Gasteiger partial charge in [-0.1, -0.05) is 20.3 Å². The van der Waals surface area contributed by atoms with Gasteiger partial charge in [-0.25, -0.2) is 0 Å². The molecule has 96 valence electrons. The van der Waals surface area contributed by atoms with Crippen LogP contribution in [-0.4, -0.2) is 28.8 Å². The fourth-order valence-corrected chi connectivity index (χ4v) is 3.00. The van der Waals surface area contributed by atoms with E-state index >= 15 is 0 Å². The Balaban J connectivity index is 2.12. The van der Waals surface area contributed by atoms with Gasteiger partial charge in [-0.15, -0.1) is 0 Å². The Hall–Kier alpha value is -0.900. The molecule has 2 N–H and O–H groups in total. The Bertz CT molecular complexity index is 314. The molecule has 1 heterocycles. The van der Waals surface area contributed by atoms with Crippen LogP contribution in [0.5, 0.6) is 0 Å². The third-order valence-electron chi connectivity index (χ3n) is 4.56. The van der Waals surface area contributed by atoms with Crippen LogP contribution in [0, 0.1) is 11.8 Å². The van der Waals surface area contributed by atoms with Gasteiger partial charge in [-0.3, -0.25) is 14.5 Å². The molecule has 2 fully saturated rings. The lowest BCUT2D eigenvalue weighted by Gasteiger charge is -2.31. The van der Waals surface area contributed by atoms with Gasteiger partial charge in [-0.2, -0.15) is 0 Å². The lowest BCUT2D eigenvalue weighted by Crippen LogP contribution is -2.51. The standard InChI is InChI=1S/C13H22N2O2/c1-3-13(14,4-2)8-15-11(16)9-6-5-7-10(9)12(15)17/h9-10H,3-8,14H2,1-2H3. The van der Waals surface area contributed by atoms with Gasteiger partial charge in [-0.05, 0) is 25.7 Å². The topological polar surface area (TPSA) is 63.4 Å². The number of fused-ring (bicyclic) bond motifs is 1. The minimum absolute atomic E-state index is 0.0224. The molecule has 2 rings (SSSR count). The third-order valence-corrected chi connectivity index (χ3v) is 4.56. The smallest absolute Gasteiger partial charge is 0.233 e. The van der Waals surface area contributed by atoms with E-state index in [9.17, 15) is 9.59 Å². The summed E-state index contributed by atoms with van der Waals surface area (Å²) < 4.78 is 0. The number of hydrogen-bond donors (Lipinski definition) is 1. The fraction of sp³-hybridized carbons (Fsp3) is 0.846. The molecule has 1 aliphatic carbocycles. The SMILES string of the molecule is CCC(N)(CC)CN1C(=O)C2CCCC2C1=O. The summed E-state index contributed by atoms with van der Waals surface area (Å²) in [6.07, 6.45) is 4.34. The molecule has 2 aliphatic rings. The van der Waals surface area contributed by atoms with Crippen LogP contribution in [0.15, 0.2) is 0 Å². The highest BCUT2D eigenvalue weighted by atomic mass is 16.2. The Morgan fingerprint density at radius 3 is 2.06 bits per heavy atom. The number of carbonyl (C=O) groups is 2. The Morgan fingerprint density at radius 1 is 1.18 bits per heavy atom. The average molecular weight is 238 g/mol. The van der Waals surface area contributed by atoms with Crippen LogP contribution in [0.1, 0.15) is 46.0 Å². The van der Waals surface area contributed by atoms with Gasteiger partial charge >= 0.3 is 0 Å². The first kappa shape index (κ1) is 12.6. The Kier molecular flexibility index (Phi) is 3.25. The highest BCUT2D eigenvalue weighted by Crippen LogP contribution is 2.40. The van der Waals surface area contributed by atoms with Crippen molar-refractivity contribution in [1.29, 1.82) is 0 Å². The summed E-state index contributed by atoms with van der Waals surface area (Å²) >= 11 is 0. The van der Waals surface area contributed by atoms with Gasteiger partial charge in [0.25, 0.3) is 0 Å². The molecule has 0 aromatic rings. The molecule has 17 heavy (non-hydrogen) atoms. The Morgan fingerprint density at radius 2 is 1.65 bits per heavy atom. The average Bonchev–Trinajstić information content (AvgIpc) is 2.89. The number of hydrogen-bond acceptors (Lipinski definition) is 3. The molecular formula is C13H22N2O2. The van der Waals surface area contributed by atoms with E-state index < -0.39 is 5.54 Å². The maximum Gasteiger partial charge on any atom is 0.233 e. The van der Waals surface area contributed by atoms with Crippen LogP contribution in [0.2, 0.25) is 0 Å². The number of carbonyl (C=O) groups excluding carboxylic acids is 2. The number of imide groups is 1. The zero-order valence-corrected chi connectivity index (χ0v) is 10.7. The highest BCUT2D eigenvalue weighted by Gasteiger charge is 2.50. The molecule has 2 amide bonds. The molecule has 2 atom stereocenters. The zero-order chi connectivity index (χ0) is 12.6. The van der Waals surface area contributed by atoms with Crippen molar-refractivity contribution >= 4 is 11.8 Å². The van der Waals surface area contributed by atoms with Gasteiger partial charge in [0.05, 0.1) is 11.8 Å². The molecular weight excluding hydrogens is 216 g/mol. The van der Waals surface area contributed by atoms with Gasteiger partial charge in [0, 0.05) is 12.1 Å². The first-order chi connectivity index (χ1) is 8.02. The molecule has 1 aliphatic heterocycles. The van der Waals surface area contributed by atoms with Gasteiger partial charge < -0.3 is 5.73 Å². The minimum atomic E-state index is -0.413. The second kappa shape index (κ2) is 4.41. The molecule has 1 saturated heterocycles. The van der Waals surface area contributed by atoms with Crippen LogP contribution < -0.4 is 5.73 Å². The van der Waals surface area contributed by atoms with E-state index in [1.54, 1.807) is 0 Å². The van der Waals surface area contributed by atoms with Crippen LogP contribution >= 0.6 is 0 Å². The molecule has 0 spiro atoms. The van der Waals surface area contributed by atoms with E-state index in [-0.39, 0.29) is 23.7 Å². The molecule has 4 nitrogen and oxygen atoms in total. The van der Waals surface area contributed by atoms with Crippen LogP contribution in [0.4, 0.5) is 0 Å². The summed E-state index contributed by atoms with van der Waals surface area (Å²) in [5.41, 5.74) is 5.79. The van der Waals surface area contributed by atoms with Crippen LogP contribution in [0.25, 0.3) is 0 Å². The highest BCUT2D eigenvalue weighted by molar-refractivity contribution is 6.05. The molecule has 1 saturated carbocycles. The van der Waals surface area contributed by atoms with Gasteiger partial charge in [0.1, 0.15) is 0 Å². The summed E-state index contributed by atoms with van der Waals surface area (Å²) in [4.78, 5) is 25.7. The first-order valence-electron chi connectivity index (χ1n) is 6.66. The van der Waals surface area contributed by atoms with Crippen molar-refractivity contribution < 1.29 is 9.59 Å². The predicted molar refractivity (Wildman–Crippen MR) is 65.1 cm³/mol. The lowest BCUT2D eigenvalue weighted by atomic mass is 9.93. The third kappa shape index (κ3) is 1.99. The fourth-order valence-electron chi connectivity index (χ4n) is 3.00. The quantitative estimate of drug-likeness (QED) is 0.751. The maximum atomic E-state index is 12.2. The second-order valence-corrected chi connectivity index (χ2v) is 5.48. The van der Waals surface area contributed by atoms with E-state index in [1.807, 2.05) is 13.8 Å². The van der Waals surface area contributed by atoms with Crippen molar-refractivity contribution in [3.63, 3.8) is 0 Å². The lowest BCUT2D eigenvalue weighted by molar-refractivity contribution is -0.141. The first-order valence-corrected chi connectivity index (χ1v) is 6.66. The van der Waals surface area contributed by atoms with E-state index in [0.717, 1.165) is 32.1 Å². The number of nitrogens with zero attached hydrogens (tertiary/aromatic N) is 1. The van der Waals surface area contributed by atoms with Gasteiger partial charge in [0.15, 0.2) is 0 Å². The largest absolute Gasteiger partial charge is 0.324 e. The van der Waals surface area contributed by atoms with Crippen molar-refractivity contribution in [3.8, 4) is 0 Å². The van der Waals surface area contributed by atoms with Crippen molar-refractivity contribution in [1.82, 2.24) is 4.90 Å². The predicted octanol–water partition coefficient (Wildman–Crippen LogP) is 1.29. The normalized spacial score (nSPS) is 29.0. The monoisotopic (exact) mass is 238 g/mol. The molecule has 0 aromatic heterocycles. The van der Waals surface area contributed by atoms with Crippen molar-refractivity contribution in [3.05, 3.63) is 0 Å². The van der Waals surface area contributed by atoms with E-state index in [1.165, 1.54) is 4.90 Å². The number of amides is 2. The molecule has 0 radical (unpaired) electrons. The number of nitrogens with two attached hydrogens (primary N) is 1. The summed E-state index contributed by atoms with van der Waals surface area (Å²) in [6.45, 7) is 4.41. The zero-order valence-electron chi connectivity index (χ0n) is 10.7. The van der Waals surface area contributed by atoms with Crippen LogP contribution in [-0.2, 0) is 9.59 Å². The molecule has 0 bridgehead atoms. The molecule has 4 heteroatoms. The summed E-state index contributed by atoms with van der Waals surface area (Å²) in [5, 5.41) is 0. The van der Waals surface area contributed by atoms with Crippen molar-refractivity contribution in [2.24, 2.45) is 17.6 Å². The van der Waals surface area contributed by atoms with Crippen molar-refractivity contribution in [2.75, 3.05) is 6.54 Å². The second-order valence-electron chi connectivity index (χ2n) is 5.48. The number of likely N-dealkylation sites (tertiary alicyclic amines) is 1. The van der Waals surface area contributed by atoms with Crippen molar-refractivity contribution in [2.45, 2.75) is 51.5 Å². The number of rotatable bonds is 4. The summed E-state index contributed by atoms with van der Waals surface area (Å²) in [6, 6.07) is 0. The summed E-state index contributed by atoms with van der Waals surface area (Å²) in [7, 11) is 0. The van der Waals surface area contributed by atoms with E-state index in [4.69, 9.17) is 5.73 Å². The van der Waals surface area contributed by atoms with Gasteiger partial charge in [0.2, 0.25) is 11.8 Å². The minimum Gasteiger partial charge on any atom is -0.324 e. The maximum absolute atomic E-state index is 12.2. The van der Waals surface area contributed by atoms with Crippen LogP contribution in [0.3, 0.4) is 0 Å². The Labute approximate surface area is 103 Å². The molecule has 0 aromatic carbocycles. The molecule has 2 unspecified atom stereocenters. The van der Waals surface area contributed by atoms with E-state index in [2.05, 4.69) is 0 Å². The summed E-state index contributed by atoms with van der Waals surface area (Å²) in [5.74, 6) is -0.0376. The van der Waals surface area contributed by atoms with E-state index in [0.29, 0.717) is 6.54 Å².